The Bertz CT molecular complexity index is 976. The van der Waals surface area contributed by atoms with E-state index in [9.17, 15) is 18.0 Å². The molecule has 3 rings (SSSR count). The summed E-state index contributed by atoms with van der Waals surface area (Å²) in [6.45, 7) is 1.26. The molecule has 11 heteroatoms. The van der Waals surface area contributed by atoms with Gasteiger partial charge in [0.15, 0.2) is 5.69 Å². The number of aryl methyl sites for hydroxylation is 1. The molecule has 0 saturated carbocycles. The lowest BCUT2D eigenvalue weighted by Crippen LogP contribution is -2.43. The van der Waals surface area contributed by atoms with Crippen molar-refractivity contribution in [1.29, 1.82) is 0 Å². The molecule has 1 N–H and O–H groups in total. The van der Waals surface area contributed by atoms with Crippen molar-refractivity contribution in [3.63, 3.8) is 0 Å². The van der Waals surface area contributed by atoms with E-state index in [1.807, 2.05) is 0 Å². The molecule has 2 aromatic rings. The molecule has 0 radical (unpaired) electrons. The van der Waals surface area contributed by atoms with Crippen molar-refractivity contribution in [2.24, 2.45) is 5.16 Å². The maximum atomic E-state index is 13.4. The molecule has 0 aliphatic carbocycles. The second-order valence-electron chi connectivity index (χ2n) is 6.91. The molecule has 1 fully saturated rings. The quantitative estimate of drug-likeness (QED) is 0.238. The fourth-order valence-electron chi connectivity index (χ4n) is 3.05. The summed E-state index contributed by atoms with van der Waals surface area (Å²) >= 11 is 3.13. The summed E-state index contributed by atoms with van der Waals surface area (Å²) in [6.07, 6.45) is 3.68. The Morgan fingerprint density at radius 3 is 2.72 bits per heavy atom. The first kappa shape index (κ1) is 21.8. The maximum absolute atomic E-state index is 13.4. The van der Waals surface area contributed by atoms with Crippen molar-refractivity contribution in [1.82, 2.24) is 14.6 Å². The molecule has 8 nitrogen and oxygen atoms in total. The third kappa shape index (κ3) is 5.61. The van der Waals surface area contributed by atoms with E-state index in [0.29, 0.717) is 48.2 Å². The first-order valence-electron chi connectivity index (χ1n) is 9.35. The summed E-state index contributed by atoms with van der Waals surface area (Å²) in [5.74, 6) is -0.226. The second kappa shape index (κ2) is 9.77. The Labute approximate surface area is 176 Å². The number of sulfonamides is 1. The van der Waals surface area contributed by atoms with Crippen molar-refractivity contribution in [3.05, 3.63) is 45.4 Å². The Morgan fingerprint density at radius 1 is 1.28 bits per heavy atom. The van der Waals surface area contributed by atoms with Crippen molar-refractivity contribution in [2.75, 3.05) is 18.8 Å². The molecule has 1 saturated heterocycles. The number of oxime groups is 1. The average molecular weight is 489 g/mol. The van der Waals surface area contributed by atoms with Gasteiger partial charge in [-0.1, -0.05) is 22.8 Å². The molecular formula is C18H22BrFN4O4S. The molecule has 29 heavy (non-hydrogen) atoms. The molecule has 158 valence electrons. The number of hydrogen-bond acceptors (Lipinski definition) is 7. The molecule has 1 aliphatic rings. The standard InChI is InChI=1S/C18H22BrFN4O4S/c19-14-11-13(6-7-15(14)20)12-17(21-25)18-16(22-28-23-18)5-2-1-3-10-29(26,27)24-8-4-9-24/h6-7,11,25H,1-5,8-10,12H2/b21-17+. The van der Waals surface area contributed by atoms with Gasteiger partial charge < -0.3 is 5.21 Å². The smallest absolute Gasteiger partial charge is 0.214 e. The lowest BCUT2D eigenvalue weighted by atomic mass is 10.0. The fourth-order valence-corrected chi connectivity index (χ4v) is 5.12. The van der Waals surface area contributed by atoms with Crippen LogP contribution in [0.1, 0.15) is 42.6 Å². The van der Waals surface area contributed by atoms with E-state index in [1.54, 1.807) is 12.1 Å². The fraction of sp³-hybridized carbons (Fsp3) is 0.500. The zero-order valence-electron chi connectivity index (χ0n) is 15.7. The van der Waals surface area contributed by atoms with E-state index in [2.05, 4.69) is 31.4 Å². The molecule has 0 amide bonds. The van der Waals surface area contributed by atoms with Crippen LogP contribution in [0.3, 0.4) is 0 Å². The highest BCUT2D eigenvalue weighted by molar-refractivity contribution is 9.10. The highest BCUT2D eigenvalue weighted by Gasteiger charge is 2.26. The van der Waals surface area contributed by atoms with Gasteiger partial charge in [0.1, 0.15) is 17.2 Å². The highest BCUT2D eigenvalue weighted by atomic mass is 79.9. The number of nitrogens with zero attached hydrogens (tertiary/aromatic N) is 4. The van der Waals surface area contributed by atoms with Gasteiger partial charge in [-0.15, -0.1) is 0 Å². The minimum atomic E-state index is -3.12. The van der Waals surface area contributed by atoms with E-state index in [4.69, 9.17) is 4.63 Å². The van der Waals surface area contributed by atoms with Gasteiger partial charge in [-0.05, 0) is 64.5 Å². The monoisotopic (exact) mass is 488 g/mol. The summed E-state index contributed by atoms with van der Waals surface area (Å²) in [5.41, 5.74) is 1.89. The van der Waals surface area contributed by atoms with Crippen LogP contribution in [-0.2, 0) is 22.9 Å². The van der Waals surface area contributed by atoms with Crippen LogP contribution < -0.4 is 0 Å². The van der Waals surface area contributed by atoms with Gasteiger partial charge in [-0.25, -0.2) is 21.7 Å². The van der Waals surface area contributed by atoms with Gasteiger partial charge >= 0.3 is 0 Å². The number of hydrogen-bond donors (Lipinski definition) is 1. The predicted molar refractivity (Wildman–Crippen MR) is 108 cm³/mol. The van der Waals surface area contributed by atoms with E-state index in [1.165, 1.54) is 10.4 Å². The Kier molecular flexibility index (Phi) is 7.36. The number of aromatic nitrogens is 2. The molecule has 2 heterocycles. The SMILES string of the molecule is O=S(=O)(CCCCCc1nonc1/C(Cc1ccc(F)c(Br)c1)=N/O)N1CCC1. The van der Waals surface area contributed by atoms with Crippen molar-refractivity contribution in [3.8, 4) is 0 Å². The molecular weight excluding hydrogens is 467 g/mol. The predicted octanol–water partition coefficient (Wildman–Crippen LogP) is 3.14. The minimum Gasteiger partial charge on any atom is -0.411 e. The largest absolute Gasteiger partial charge is 0.411 e. The van der Waals surface area contributed by atoms with Crippen LogP contribution in [0.4, 0.5) is 4.39 Å². The zero-order chi connectivity index (χ0) is 20.9. The zero-order valence-corrected chi connectivity index (χ0v) is 18.1. The lowest BCUT2D eigenvalue weighted by Gasteiger charge is -2.29. The van der Waals surface area contributed by atoms with Crippen LogP contribution in [-0.4, -0.2) is 52.8 Å². The third-order valence-corrected chi connectivity index (χ3v) is 7.39. The molecule has 0 atom stereocenters. The van der Waals surface area contributed by atoms with Gasteiger partial charge in [-0.2, -0.15) is 0 Å². The Balaban J connectivity index is 1.53. The van der Waals surface area contributed by atoms with Crippen LogP contribution in [0.15, 0.2) is 32.5 Å². The Hall–Kier alpha value is -1.85. The summed E-state index contributed by atoms with van der Waals surface area (Å²) in [7, 11) is -3.12. The normalized spacial score (nSPS) is 15.4. The third-order valence-electron chi connectivity index (χ3n) is 4.83. The van der Waals surface area contributed by atoms with Crippen LogP contribution >= 0.6 is 15.9 Å². The molecule has 1 aromatic heterocycles. The summed E-state index contributed by atoms with van der Waals surface area (Å²) in [4.78, 5) is 0. The first-order chi connectivity index (χ1) is 13.9. The molecule has 0 bridgehead atoms. The van der Waals surface area contributed by atoms with Gasteiger partial charge in [0.05, 0.1) is 10.2 Å². The summed E-state index contributed by atoms with van der Waals surface area (Å²) in [5, 5.41) is 20.4. The number of rotatable bonds is 10. The molecule has 1 aromatic carbocycles. The van der Waals surface area contributed by atoms with Gasteiger partial charge in [0.2, 0.25) is 10.0 Å². The topological polar surface area (TPSA) is 109 Å². The van der Waals surface area contributed by atoms with Crippen molar-refractivity contribution >= 4 is 31.7 Å². The molecule has 0 unspecified atom stereocenters. The van der Waals surface area contributed by atoms with Crippen molar-refractivity contribution < 1.29 is 22.6 Å². The van der Waals surface area contributed by atoms with Crippen LogP contribution in [0.5, 0.6) is 0 Å². The number of unbranched alkanes of at least 4 members (excludes halogenated alkanes) is 2. The van der Waals surface area contributed by atoms with E-state index >= 15 is 0 Å². The first-order valence-corrected chi connectivity index (χ1v) is 11.8. The maximum Gasteiger partial charge on any atom is 0.214 e. The van der Waals surface area contributed by atoms with Crippen LogP contribution in [0, 0.1) is 5.82 Å². The highest BCUT2D eigenvalue weighted by Crippen LogP contribution is 2.20. The minimum absolute atomic E-state index is 0.152. The second-order valence-corrected chi connectivity index (χ2v) is 9.85. The molecule has 1 aliphatic heterocycles. The summed E-state index contributed by atoms with van der Waals surface area (Å²) < 4.78 is 44.1. The van der Waals surface area contributed by atoms with Crippen LogP contribution in [0.25, 0.3) is 0 Å². The van der Waals surface area contributed by atoms with Gasteiger partial charge in [-0.3, -0.25) is 0 Å². The van der Waals surface area contributed by atoms with E-state index in [-0.39, 0.29) is 23.7 Å². The van der Waals surface area contributed by atoms with Gasteiger partial charge in [0.25, 0.3) is 0 Å². The average Bonchev–Trinajstić information content (AvgIpc) is 3.08. The van der Waals surface area contributed by atoms with E-state index < -0.39 is 10.0 Å². The van der Waals surface area contributed by atoms with Gasteiger partial charge in [0, 0.05) is 19.5 Å². The lowest BCUT2D eigenvalue weighted by molar-refractivity contribution is 0.300. The van der Waals surface area contributed by atoms with Crippen molar-refractivity contribution in [2.45, 2.75) is 38.5 Å². The van der Waals surface area contributed by atoms with Crippen LogP contribution in [0.2, 0.25) is 0 Å². The Morgan fingerprint density at radius 2 is 2.07 bits per heavy atom. The number of halogens is 2. The van der Waals surface area contributed by atoms with E-state index in [0.717, 1.165) is 18.4 Å². The summed E-state index contributed by atoms with van der Waals surface area (Å²) in [6, 6.07) is 4.52. The number of benzene rings is 1. The molecule has 0 spiro atoms.